The highest BCUT2D eigenvalue weighted by atomic mass is 35.5. The number of rotatable bonds is 10. The first-order chi connectivity index (χ1) is 15.5. The van der Waals surface area contributed by atoms with Crippen LogP contribution in [-0.2, 0) is 18.6 Å². The molecule has 2 saturated heterocycles. The first-order valence-electron chi connectivity index (χ1n) is 11.0. The molecule has 2 heterocycles. The van der Waals surface area contributed by atoms with Gasteiger partial charge in [-0.2, -0.15) is 0 Å². The molecule has 0 aromatic carbocycles. The molecule has 9 atom stereocenters. The number of halogens is 2. The molecule has 0 bridgehead atoms. The number of carbonyl (C=O) groups is 1. The number of alkyl halides is 2. The van der Waals surface area contributed by atoms with Crippen LogP contribution in [0.5, 0.6) is 0 Å². The van der Waals surface area contributed by atoms with Crippen molar-refractivity contribution in [3.63, 3.8) is 0 Å². The van der Waals surface area contributed by atoms with Gasteiger partial charge in [0, 0.05) is 0 Å². The minimum absolute atomic E-state index is 0.335. The van der Waals surface area contributed by atoms with Gasteiger partial charge in [0.05, 0.1) is 24.1 Å². The van der Waals surface area contributed by atoms with E-state index in [1.54, 1.807) is 13.2 Å². The Morgan fingerprint density at radius 3 is 2.61 bits per heavy atom. The number of aliphatic hydroxyl groups excluding tert-OH is 2. The van der Waals surface area contributed by atoms with Gasteiger partial charge in [-0.25, -0.2) is 4.57 Å². The summed E-state index contributed by atoms with van der Waals surface area (Å²) >= 11 is 7.35. The molecule has 0 aromatic heterocycles. The zero-order valence-electron chi connectivity index (χ0n) is 18.7. The Labute approximate surface area is 202 Å². The van der Waals surface area contributed by atoms with Crippen molar-refractivity contribution in [2.45, 2.75) is 86.3 Å². The van der Waals surface area contributed by atoms with E-state index in [-0.39, 0.29) is 12.6 Å². The summed E-state index contributed by atoms with van der Waals surface area (Å²) in [5, 5.41) is 26.5. The van der Waals surface area contributed by atoms with E-state index in [1.807, 2.05) is 0 Å². The van der Waals surface area contributed by atoms with Crippen molar-refractivity contribution in [1.82, 2.24) is 10.6 Å². The molecule has 0 saturated carbocycles. The van der Waals surface area contributed by atoms with Gasteiger partial charge in [-0.15, -0.1) is 23.4 Å². The second kappa shape index (κ2) is 13.3. The molecule has 2 aliphatic rings. The van der Waals surface area contributed by atoms with Gasteiger partial charge in [-0.1, -0.05) is 0 Å². The predicted octanol–water partition coefficient (Wildman–Crippen LogP) is 0.894. The Morgan fingerprint density at radius 1 is 1.33 bits per heavy atom. The summed E-state index contributed by atoms with van der Waals surface area (Å²) in [5.41, 5.74) is -1.02. The highest BCUT2D eigenvalue weighted by molar-refractivity contribution is 7.99. The lowest BCUT2D eigenvalue weighted by atomic mass is 9.92. The standard InChI is InChI=1S/C19H35ClFN2O8PS/c1-10(20)13(23-18(26)12-6-5-11(4-3-8-21)7-9-22-12)16-14(24)15(25)17(19(30-16)33-2)31-32(27,28)29/h10-17,19,22,24-25H,3-9H2,1-2H3,(H,23,26)(H2,27,28,29). The Kier molecular flexibility index (Phi) is 11.8. The molecule has 0 aromatic rings. The summed E-state index contributed by atoms with van der Waals surface area (Å²) < 4.78 is 34.2. The van der Waals surface area contributed by atoms with E-state index in [9.17, 15) is 24.0 Å². The molecule has 0 aliphatic carbocycles. The van der Waals surface area contributed by atoms with Crippen LogP contribution in [0.1, 0.15) is 39.0 Å². The van der Waals surface area contributed by atoms with Gasteiger partial charge < -0.3 is 35.4 Å². The third-order valence-electron chi connectivity index (χ3n) is 6.10. The first-order valence-corrected chi connectivity index (χ1v) is 14.3. The van der Waals surface area contributed by atoms with Crippen LogP contribution in [0, 0.1) is 5.92 Å². The quantitative estimate of drug-likeness (QED) is 0.175. The Balaban J connectivity index is 2.08. The summed E-state index contributed by atoms with van der Waals surface area (Å²) in [7, 11) is -4.96. The third kappa shape index (κ3) is 8.56. The van der Waals surface area contributed by atoms with Crippen molar-refractivity contribution in [3.8, 4) is 0 Å². The minimum Gasteiger partial charge on any atom is -0.388 e. The SMILES string of the molecule is CSC1OC(C(NC(=O)C2CCC(CCCF)CCN2)C(C)Cl)C(O)C(O)C1OP(=O)(O)O. The molecular weight excluding hydrogens is 502 g/mol. The number of phosphoric ester groups is 1. The molecule has 9 unspecified atom stereocenters. The maximum absolute atomic E-state index is 13.0. The first kappa shape index (κ1) is 29.2. The summed E-state index contributed by atoms with van der Waals surface area (Å²) in [4.78, 5) is 31.3. The van der Waals surface area contributed by atoms with Crippen molar-refractivity contribution < 1.29 is 43.0 Å². The molecule has 33 heavy (non-hydrogen) atoms. The van der Waals surface area contributed by atoms with Gasteiger partial charge in [0.25, 0.3) is 0 Å². The van der Waals surface area contributed by atoms with Crippen molar-refractivity contribution >= 4 is 37.1 Å². The average molecular weight is 537 g/mol. The predicted molar refractivity (Wildman–Crippen MR) is 123 cm³/mol. The normalized spacial score (nSPS) is 35.5. The smallest absolute Gasteiger partial charge is 0.388 e. The topological polar surface area (TPSA) is 158 Å². The van der Waals surface area contributed by atoms with E-state index >= 15 is 0 Å². The zero-order valence-corrected chi connectivity index (χ0v) is 21.1. The number of hydrogen-bond acceptors (Lipinski definition) is 8. The van der Waals surface area contributed by atoms with Crippen LogP contribution in [0.3, 0.4) is 0 Å². The van der Waals surface area contributed by atoms with E-state index < -0.39 is 55.1 Å². The lowest BCUT2D eigenvalue weighted by molar-refractivity contribution is -0.201. The van der Waals surface area contributed by atoms with Gasteiger partial charge in [0.2, 0.25) is 5.91 Å². The number of phosphoric acid groups is 1. The zero-order chi connectivity index (χ0) is 24.8. The summed E-state index contributed by atoms with van der Waals surface area (Å²) in [6.45, 7) is 1.87. The fraction of sp³-hybridized carbons (Fsp3) is 0.947. The third-order valence-corrected chi connectivity index (χ3v) is 7.73. The molecule has 6 N–H and O–H groups in total. The second-order valence-electron chi connectivity index (χ2n) is 8.53. The van der Waals surface area contributed by atoms with Crippen LogP contribution in [0.15, 0.2) is 0 Å². The number of aliphatic hydroxyl groups is 2. The number of amides is 1. The van der Waals surface area contributed by atoms with Crippen molar-refractivity contribution in [2.75, 3.05) is 19.5 Å². The molecule has 1 amide bonds. The molecule has 0 radical (unpaired) electrons. The van der Waals surface area contributed by atoms with Crippen LogP contribution in [0.4, 0.5) is 4.39 Å². The number of carbonyl (C=O) groups excluding carboxylic acids is 1. The highest BCUT2D eigenvalue weighted by Crippen LogP contribution is 2.43. The maximum Gasteiger partial charge on any atom is 0.470 e. The van der Waals surface area contributed by atoms with E-state index in [0.717, 1.165) is 31.0 Å². The van der Waals surface area contributed by atoms with Gasteiger partial charge in [0.15, 0.2) is 0 Å². The van der Waals surface area contributed by atoms with E-state index in [1.165, 1.54) is 0 Å². The number of thioether (sulfide) groups is 1. The number of nitrogens with one attached hydrogen (secondary N) is 2. The monoisotopic (exact) mass is 536 g/mol. The molecule has 2 aliphatic heterocycles. The summed E-state index contributed by atoms with van der Waals surface area (Å²) in [5.74, 6) is 0.0129. The van der Waals surface area contributed by atoms with Crippen molar-refractivity contribution in [2.24, 2.45) is 5.92 Å². The molecule has 2 fully saturated rings. The number of ether oxygens (including phenoxy) is 1. The maximum atomic E-state index is 13.0. The molecule has 14 heteroatoms. The summed E-state index contributed by atoms with van der Waals surface area (Å²) in [6.07, 6.45) is -0.858. The molecule has 194 valence electrons. The molecular formula is C19H35ClFN2O8PS. The Hall–Kier alpha value is -0.0100. The lowest BCUT2D eigenvalue weighted by Crippen LogP contribution is -2.65. The highest BCUT2D eigenvalue weighted by Gasteiger charge is 2.51. The Bertz CT molecular complexity index is 676. The van der Waals surface area contributed by atoms with Crippen LogP contribution in [0.25, 0.3) is 0 Å². The van der Waals surface area contributed by atoms with E-state index in [0.29, 0.717) is 25.3 Å². The van der Waals surface area contributed by atoms with Gasteiger partial charge in [-0.3, -0.25) is 13.7 Å². The largest absolute Gasteiger partial charge is 0.470 e. The van der Waals surface area contributed by atoms with Gasteiger partial charge in [-0.05, 0) is 57.7 Å². The molecule has 10 nitrogen and oxygen atoms in total. The van der Waals surface area contributed by atoms with Gasteiger partial charge in [0.1, 0.15) is 29.9 Å². The van der Waals surface area contributed by atoms with Crippen LogP contribution < -0.4 is 10.6 Å². The molecule has 0 spiro atoms. The van der Waals surface area contributed by atoms with Crippen molar-refractivity contribution in [3.05, 3.63) is 0 Å². The molecule has 2 rings (SSSR count). The van der Waals surface area contributed by atoms with Crippen molar-refractivity contribution in [1.29, 1.82) is 0 Å². The van der Waals surface area contributed by atoms with E-state index in [4.69, 9.17) is 26.1 Å². The second-order valence-corrected chi connectivity index (χ2v) is 11.3. The van der Waals surface area contributed by atoms with Crippen LogP contribution >= 0.6 is 31.2 Å². The lowest BCUT2D eigenvalue weighted by Gasteiger charge is -2.45. The van der Waals surface area contributed by atoms with Crippen LogP contribution in [0.2, 0.25) is 0 Å². The number of hydrogen-bond donors (Lipinski definition) is 6. The van der Waals surface area contributed by atoms with Gasteiger partial charge >= 0.3 is 7.82 Å². The fourth-order valence-electron chi connectivity index (χ4n) is 4.33. The Morgan fingerprint density at radius 2 is 2.03 bits per heavy atom. The minimum atomic E-state index is -4.96. The average Bonchev–Trinajstić information content (AvgIpc) is 2.99. The summed E-state index contributed by atoms with van der Waals surface area (Å²) in [6, 6.07) is -1.40. The van der Waals surface area contributed by atoms with E-state index in [2.05, 4.69) is 15.2 Å². The fourth-order valence-corrected chi connectivity index (χ4v) is 5.90. The van der Waals surface area contributed by atoms with Crippen LogP contribution in [-0.4, -0.2) is 92.7 Å².